The van der Waals surface area contributed by atoms with Crippen LogP contribution >= 0.6 is 0 Å². The van der Waals surface area contributed by atoms with Gasteiger partial charge in [-0.15, -0.1) is 0 Å². The van der Waals surface area contributed by atoms with Crippen LogP contribution in [0, 0.1) is 21.4 Å². The number of nitro benzene ring substituents is 1. The molecule has 0 atom stereocenters. The highest BCUT2D eigenvalue weighted by Crippen LogP contribution is 2.31. The van der Waals surface area contributed by atoms with Crippen molar-refractivity contribution in [1.29, 1.82) is 5.26 Å². The second-order valence-corrected chi connectivity index (χ2v) is 6.15. The van der Waals surface area contributed by atoms with E-state index in [1.807, 2.05) is 11.0 Å². The second kappa shape index (κ2) is 7.66. The molecule has 0 unspecified atom stereocenters. The van der Waals surface area contributed by atoms with Crippen molar-refractivity contribution in [3.05, 3.63) is 69.3 Å². The van der Waals surface area contributed by atoms with Crippen molar-refractivity contribution < 1.29 is 9.72 Å². The maximum atomic E-state index is 12.4. The van der Waals surface area contributed by atoms with E-state index in [0.29, 0.717) is 11.3 Å². The highest BCUT2D eigenvalue weighted by molar-refractivity contribution is 5.95. The largest absolute Gasteiger partial charge is 0.366 e. The number of carbonyl (C=O) groups excluding carboxylic acids is 1. The molecule has 1 aliphatic heterocycles. The zero-order valence-corrected chi connectivity index (χ0v) is 14.1. The maximum Gasteiger partial charge on any atom is 0.293 e. The number of anilines is 1. The van der Waals surface area contributed by atoms with Crippen molar-refractivity contribution in [2.75, 3.05) is 18.0 Å². The van der Waals surface area contributed by atoms with E-state index >= 15 is 0 Å². The van der Waals surface area contributed by atoms with Crippen LogP contribution in [0.25, 0.3) is 0 Å². The number of nitrogens with one attached hydrogen (secondary N) is 1. The Morgan fingerprint density at radius 2 is 2.00 bits per heavy atom. The molecule has 2 aromatic rings. The number of carbonyl (C=O) groups is 1. The fourth-order valence-corrected chi connectivity index (χ4v) is 3.07. The predicted octanol–water partition coefficient (Wildman–Crippen LogP) is 3.00. The van der Waals surface area contributed by atoms with Crippen LogP contribution in [0.1, 0.15) is 34.3 Å². The molecule has 0 bridgehead atoms. The highest BCUT2D eigenvalue weighted by atomic mass is 16.6. The molecule has 3 rings (SSSR count). The van der Waals surface area contributed by atoms with Gasteiger partial charge in [0.1, 0.15) is 5.69 Å². The summed E-state index contributed by atoms with van der Waals surface area (Å²) in [6, 6.07) is 13.6. The lowest BCUT2D eigenvalue weighted by molar-refractivity contribution is -0.384. The Bertz CT molecular complexity index is 883. The normalized spacial score (nSPS) is 13.3. The van der Waals surface area contributed by atoms with Gasteiger partial charge in [-0.2, -0.15) is 5.26 Å². The van der Waals surface area contributed by atoms with Gasteiger partial charge in [0, 0.05) is 31.3 Å². The third kappa shape index (κ3) is 3.81. The van der Waals surface area contributed by atoms with Crippen LogP contribution in [-0.4, -0.2) is 23.9 Å². The van der Waals surface area contributed by atoms with Crippen LogP contribution in [-0.2, 0) is 6.54 Å². The van der Waals surface area contributed by atoms with Gasteiger partial charge in [-0.25, -0.2) is 0 Å². The van der Waals surface area contributed by atoms with Crippen molar-refractivity contribution >= 4 is 17.3 Å². The number of amides is 1. The summed E-state index contributed by atoms with van der Waals surface area (Å²) in [4.78, 5) is 25.3. The van der Waals surface area contributed by atoms with E-state index in [0.717, 1.165) is 31.5 Å². The number of benzene rings is 2. The first-order valence-electron chi connectivity index (χ1n) is 8.39. The molecule has 7 heteroatoms. The first kappa shape index (κ1) is 17.4. The average molecular weight is 350 g/mol. The van der Waals surface area contributed by atoms with Gasteiger partial charge >= 0.3 is 0 Å². The minimum Gasteiger partial charge on any atom is -0.366 e. The van der Waals surface area contributed by atoms with Crippen LogP contribution in [0.4, 0.5) is 11.4 Å². The molecule has 0 aromatic heterocycles. The van der Waals surface area contributed by atoms with E-state index in [-0.39, 0.29) is 23.7 Å². The number of hydrogen-bond acceptors (Lipinski definition) is 5. The van der Waals surface area contributed by atoms with E-state index in [2.05, 4.69) is 5.32 Å². The fraction of sp³-hybridized carbons (Fsp3) is 0.263. The number of rotatable bonds is 5. The molecule has 1 heterocycles. The van der Waals surface area contributed by atoms with Crippen molar-refractivity contribution in [2.24, 2.45) is 0 Å². The number of nitrogens with zero attached hydrogens (tertiary/aromatic N) is 3. The third-order valence-corrected chi connectivity index (χ3v) is 4.39. The fourth-order valence-electron chi connectivity index (χ4n) is 3.07. The first-order valence-corrected chi connectivity index (χ1v) is 8.39. The third-order valence-electron chi connectivity index (χ3n) is 4.39. The molecule has 1 N–H and O–H groups in total. The minimum atomic E-state index is -0.444. The lowest BCUT2D eigenvalue weighted by Gasteiger charge is -2.17. The Labute approximate surface area is 151 Å². The number of hydrogen-bond donors (Lipinski definition) is 1. The standard InChI is InChI=1S/C19H18N4O3/c20-12-14-4-3-5-15(10-14)13-21-19(24)16-6-7-17(18(11-16)23(25)26)22-8-1-2-9-22/h3-7,10-11H,1-2,8-9,13H2,(H,21,24). The van der Waals surface area contributed by atoms with Crippen LogP contribution in [0.2, 0.25) is 0 Å². The van der Waals surface area contributed by atoms with Gasteiger partial charge in [0.25, 0.3) is 11.6 Å². The van der Waals surface area contributed by atoms with Crippen LogP contribution in [0.15, 0.2) is 42.5 Å². The molecular weight excluding hydrogens is 332 g/mol. The summed E-state index contributed by atoms with van der Waals surface area (Å²) in [6.07, 6.45) is 2.03. The molecule has 132 valence electrons. The van der Waals surface area contributed by atoms with Crippen molar-refractivity contribution in [1.82, 2.24) is 5.32 Å². The van der Waals surface area contributed by atoms with E-state index in [1.54, 1.807) is 36.4 Å². The average Bonchev–Trinajstić information content (AvgIpc) is 3.20. The minimum absolute atomic E-state index is 0.0500. The van der Waals surface area contributed by atoms with Gasteiger partial charge in [-0.3, -0.25) is 14.9 Å². The van der Waals surface area contributed by atoms with Crippen molar-refractivity contribution in [3.63, 3.8) is 0 Å². The van der Waals surface area contributed by atoms with Gasteiger partial charge in [0.05, 0.1) is 16.6 Å². The Morgan fingerprint density at radius 1 is 1.23 bits per heavy atom. The summed E-state index contributed by atoms with van der Waals surface area (Å²) in [5.74, 6) is -0.386. The maximum absolute atomic E-state index is 12.4. The summed E-state index contributed by atoms with van der Waals surface area (Å²) >= 11 is 0. The summed E-state index contributed by atoms with van der Waals surface area (Å²) in [5.41, 5.74) is 2.07. The van der Waals surface area contributed by atoms with Crippen LogP contribution in [0.3, 0.4) is 0 Å². The van der Waals surface area contributed by atoms with Gasteiger partial charge in [0.15, 0.2) is 0 Å². The topological polar surface area (TPSA) is 99.3 Å². The van der Waals surface area contributed by atoms with Gasteiger partial charge in [-0.1, -0.05) is 12.1 Å². The number of nitriles is 1. The molecule has 7 nitrogen and oxygen atoms in total. The predicted molar refractivity (Wildman–Crippen MR) is 96.9 cm³/mol. The zero-order valence-electron chi connectivity index (χ0n) is 14.1. The van der Waals surface area contributed by atoms with E-state index in [1.165, 1.54) is 6.07 Å². The highest BCUT2D eigenvalue weighted by Gasteiger charge is 2.23. The molecule has 2 aromatic carbocycles. The summed E-state index contributed by atoms with van der Waals surface area (Å²) in [7, 11) is 0. The molecule has 0 saturated carbocycles. The van der Waals surface area contributed by atoms with Gasteiger partial charge in [-0.05, 0) is 42.7 Å². The number of nitro groups is 1. The zero-order chi connectivity index (χ0) is 18.5. The quantitative estimate of drug-likeness (QED) is 0.660. The van der Waals surface area contributed by atoms with Gasteiger partial charge < -0.3 is 10.2 Å². The Hall–Kier alpha value is -3.40. The lowest BCUT2D eigenvalue weighted by atomic mass is 10.1. The van der Waals surface area contributed by atoms with Crippen LogP contribution < -0.4 is 10.2 Å². The lowest BCUT2D eigenvalue weighted by Crippen LogP contribution is -2.24. The summed E-state index contributed by atoms with van der Waals surface area (Å²) in [5, 5.41) is 23.1. The van der Waals surface area contributed by atoms with E-state index in [9.17, 15) is 14.9 Å². The summed E-state index contributed by atoms with van der Waals surface area (Å²) in [6.45, 7) is 1.83. The molecule has 1 aliphatic rings. The molecule has 0 spiro atoms. The van der Waals surface area contributed by atoms with E-state index in [4.69, 9.17) is 5.26 Å². The Morgan fingerprint density at radius 3 is 2.69 bits per heavy atom. The molecular formula is C19H18N4O3. The first-order chi connectivity index (χ1) is 12.6. The summed E-state index contributed by atoms with van der Waals surface area (Å²) < 4.78 is 0. The van der Waals surface area contributed by atoms with Crippen molar-refractivity contribution in [2.45, 2.75) is 19.4 Å². The SMILES string of the molecule is N#Cc1cccc(CNC(=O)c2ccc(N3CCCC3)c([N+](=O)[O-])c2)c1. The second-order valence-electron chi connectivity index (χ2n) is 6.15. The molecule has 0 radical (unpaired) electrons. The van der Waals surface area contributed by atoms with Gasteiger partial charge in [0.2, 0.25) is 0 Å². The molecule has 1 amide bonds. The molecule has 1 saturated heterocycles. The van der Waals surface area contributed by atoms with E-state index < -0.39 is 4.92 Å². The Kier molecular flexibility index (Phi) is 5.13. The molecule has 1 fully saturated rings. The molecule has 26 heavy (non-hydrogen) atoms. The molecule has 0 aliphatic carbocycles. The monoisotopic (exact) mass is 350 g/mol. The Balaban J connectivity index is 1.75. The van der Waals surface area contributed by atoms with Crippen molar-refractivity contribution in [3.8, 4) is 6.07 Å². The smallest absolute Gasteiger partial charge is 0.293 e. The van der Waals surface area contributed by atoms with Crippen LogP contribution in [0.5, 0.6) is 0 Å².